The van der Waals surface area contributed by atoms with Crippen LogP contribution in [0.15, 0.2) is 42.0 Å². The van der Waals surface area contributed by atoms with E-state index in [2.05, 4.69) is 36.7 Å². The summed E-state index contributed by atoms with van der Waals surface area (Å²) >= 11 is 0. The van der Waals surface area contributed by atoms with Crippen LogP contribution in [0.25, 0.3) is 0 Å². The number of guanidine groups is 1. The number of aliphatic imine (C=N–C) groups is 1. The van der Waals surface area contributed by atoms with Crippen molar-refractivity contribution in [2.24, 2.45) is 10.9 Å². The maximum Gasteiger partial charge on any atom is 0.218 e. The maximum absolute atomic E-state index is 5.61. The number of aromatic nitrogens is 3. The first-order valence-electron chi connectivity index (χ1n) is 9.22. The van der Waals surface area contributed by atoms with Gasteiger partial charge in [-0.1, -0.05) is 13.0 Å². The Balaban J connectivity index is 0.00000261. The molecule has 1 saturated heterocycles. The highest BCUT2D eigenvalue weighted by atomic mass is 127. The molecule has 0 bridgehead atoms. The Morgan fingerprint density at radius 2 is 2.26 bits per heavy atom. The molecular formula is C19H29IN6O. The van der Waals surface area contributed by atoms with Crippen LogP contribution in [0, 0.1) is 5.92 Å². The van der Waals surface area contributed by atoms with Crippen LogP contribution in [-0.2, 0) is 6.54 Å². The van der Waals surface area contributed by atoms with Crippen LogP contribution in [0.1, 0.15) is 31.9 Å². The van der Waals surface area contributed by atoms with Crippen molar-refractivity contribution in [3.8, 4) is 5.88 Å². The lowest BCUT2D eigenvalue weighted by Crippen LogP contribution is -2.48. The Morgan fingerprint density at radius 1 is 1.41 bits per heavy atom. The van der Waals surface area contributed by atoms with Gasteiger partial charge in [-0.15, -0.1) is 24.0 Å². The number of hydrogen-bond donors (Lipinski definition) is 1. The van der Waals surface area contributed by atoms with Crippen molar-refractivity contribution in [1.82, 2.24) is 24.8 Å². The third-order valence-corrected chi connectivity index (χ3v) is 4.91. The smallest absolute Gasteiger partial charge is 0.218 e. The van der Waals surface area contributed by atoms with Gasteiger partial charge >= 0.3 is 0 Å². The molecule has 0 amide bonds. The van der Waals surface area contributed by atoms with E-state index in [-0.39, 0.29) is 24.0 Å². The number of piperidine rings is 1. The zero-order chi connectivity index (χ0) is 18.4. The van der Waals surface area contributed by atoms with E-state index in [9.17, 15) is 0 Å². The fraction of sp³-hybridized carbons (Fsp3) is 0.526. The summed E-state index contributed by atoms with van der Waals surface area (Å²) in [6.07, 6.45) is 8.68. The predicted molar refractivity (Wildman–Crippen MR) is 118 cm³/mol. The summed E-state index contributed by atoms with van der Waals surface area (Å²) in [4.78, 5) is 15.3. The van der Waals surface area contributed by atoms with Crippen LogP contribution in [0.4, 0.5) is 0 Å². The fourth-order valence-corrected chi connectivity index (χ4v) is 3.43. The summed E-state index contributed by atoms with van der Waals surface area (Å²) in [6, 6.07) is 4.37. The Labute approximate surface area is 178 Å². The molecule has 3 heterocycles. The maximum atomic E-state index is 5.61. The Hall–Kier alpha value is -1.84. The van der Waals surface area contributed by atoms with Crippen LogP contribution in [0.5, 0.6) is 5.88 Å². The summed E-state index contributed by atoms with van der Waals surface area (Å²) in [5.74, 6) is 2.20. The lowest BCUT2D eigenvalue weighted by atomic mass is 9.93. The highest BCUT2D eigenvalue weighted by Crippen LogP contribution is 2.27. The lowest BCUT2D eigenvalue weighted by Gasteiger charge is -2.39. The molecule has 27 heavy (non-hydrogen) atoms. The summed E-state index contributed by atoms with van der Waals surface area (Å²) < 4.78 is 7.82. The van der Waals surface area contributed by atoms with E-state index in [4.69, 9.17) is 4.74 Å². The topological polar surface area (TPSA) is 67.6 Å². The highest BCUT2D eigenvalue weighted by Gasteiger charge is 2.28. The molecule has 7 nitrogen and oxygen atoms in total. The average Bonchev–Trinajstić information content (AvgIpc) is 3.19. The lowest BCUT2D eigenvalue weighted by molar-refractivity contribution is 0.189. The van der Waals surface area contributed by atoms with Crippen LogP contribution in [-0.4, -0.2) is 52.1 Å². The molecule has 0 radical (unpaired) electrons. The van der Waals surface area contributed by atoms with Gasteiger partial charge in [0.05, 0.1) is 19.0 Å². The minimum absolute atomic E-state index is 0. The molecule has 2 atom stereocenters. The van der Waals surface area contributed by atoms with Gasteiger partial charge in [0.25, 0.3) is 0 Å². The monoisotopic (exact) mass is 484 g/mol. The molecule has 2 aromatic heterocycles. The minimum Gasteiger partial charge on any atom is -0.478 e. The second-order valence-electron chi connectivity index (χ2n) is 6.59. The quantitative estimate of drug-likeness (QED) is 0.402. The Bertz CT molecular complexity index is 721. The molecule has 0 spiro atoms. The number of hydrogen-bond acceptors (Lipinski definition) is 4. The molecule has 0 saturated carbocycles. The summed E-state index contributed by atoms with van der Waals surface area (Å²) in [5.41, 5.74) is 1.03. The van der Waals surface area contributed by atoms with Crippen LogP contribution < -0.4 is 10.1 Å². The Kier molecular flexibility index (Phi) is 8.33. The van der Waals surface area contributed by atoms with E-state index in [0.29, 0.717) is 31.0 Å². The molecule has 1 aliphatic rings. The van der Waals surface area contributed by atoms with Gasteiger partial charge in [0, 0.05) is 50.8 Å². The summed E-state index contributed by atoms with van der Waals surface area (Å²) in [5, 5.41) is 3.47. The number of pyridine rings is 1. The molecule has 148 valence electrons. The van der Waals surface area contributed by atoms with Crippen molar-refractivity contribution in [2.75, 3.05) is 26.7 Å². The Morgan fingerprint density at radius 3 is 2.96 bits per heavy atom. The first-order valence-corrected chi connectivity index (χ1v) is 9.22. The molecule has 2 aromatic rings. The first-order chi connectivity index (χ1) is 12.7. The van der Waals surface area contributed by atoms with E-state index in [1.807, 2.05) is 44.8 Å². The SMILES string of the molecule is CCOc1ncccc1CNC(=NC)N1CCC(C)C(n2ccnc2)C1.I. The average molecular weight is 484 g/mol. The number of ether oxygens (including phenoxy) is 1. The van der Waals surface area contributed by atoms with Crippen molar-refractivity contribution < 1.29 is 4.74 Å². The number of halogens is 1. The number of rotatable bonds is 5. The van der Waals surface area contributed by atoms with Crippen molar-refractivity contribution >= 4 is 29.9 Å². The molecule has 3 rings (SSSR count). The molecular weight excluding hydrogens is 455 g/mol. The van der Waals surface area contributed by atoms with Gasteiger partial charge in [0.15, 0.2) is 5.96 Å². The number of imidazole rings is 1. The third kappa shape index (κ3) is 5.33. The van der Waals surface area contributed by atoms with Crippen molar-refractivity contribution in [2.45, 2.75) is 32.9 Å². The van der Waals surface area contributed by atoms with E-state index >= 15 is 0 Å². The van der Waals surface area contributed by atoms with Gasteiger partial charge in [0.1, 0.15) is 0 Å². The molecule has 1 fully saturated rings. The zero-order valence-corrected chi connectivity index (χ0v) is 18.5. The van der Waals surface area contributed by atoms with Gasteiger partial charge < -0.3 is 19.5 Å². The van der Waals surface area contributed by atoms with Crippen LogP contribution >= 0.6 is 24.0 Å². The second kappa shape index (κ2) is 10.5. The predicted octanol–water partition coefficient (Wildman–Crippen LogP) is 2.95. The largest absolute Gasteiger partial charge is 0.478 e. The van der Waals surface area contributed by atoms with Gasteiger partial charge in [-0.25, -0.2) is 9.97 Å². The standard InChI is InChI=1S/C19H28N6O.HI/c1-4-26-18-16(6-5-8-22-18)12-23-19(20-3)24-10-7-15(2)17(13-24)25-11-9-21-14-25;/h5-6,8-9,11,14-15,17H,4,7,10,12-13H2,1-3H3,(H,20,23);1H. The van der Waals surface area contributed by atoms with Crippen molar-refractivity contribution in [3.63, 3.8) is 0 Å². The van der Waals surface area contributed by atoms with Gasteiger partial charge in [-0.2, -0.15) is 0 Å². The number of nitrogens with one attached hydrogen (secondary N) is 1. The van der Waals surface area contributed by atoms with Crippen LogP contribution in [0.3, 0.4) is 0 Å². The van der Waals surface area contributed by atoms with Gasteiger partial charge in [-0.05, 0) is 25.3 Å². The summed E-state index contributed by atoms with van der Waals surface area (Å²) in [6.45, 7) is 7.44. The number of likely N-dealkylation sites (tertiary alicyclic amines) is 1. The van der Waals surface area contributed by atoms with Gasteiger partial charge in [0.2, 0.25) is 5.88 Å². The van der Waals surface area contributed by atoms with Gasteiger partial charge in [-0.3, -0.25) is 4.99 Å². The molecule has 1 aliphatic heterocycles. The van der Waals surface area contributed by atoms with Crippen molar-refractivity contribution in [3.05, 3.63) is 42.6 Å². The summed E-state index contributed by atoms with van der Waals surface area (Å²) in [7, 11) is 1.83. The van der Waals surface area contributed by atoms with Crippen LogP contribution in [0.2, 0.25) is 0 Å². The molecule has 1 N–H and O–H groups in total. The highest BCUT2D eigenvalue weighted by molar-refractivity contribution is 14.0. The molecule has 2 unspecified atom stereocenters. The molecule has 0 aliphatic carbocycles. The zero-order valence-electron chi connectivity index (χ0n) is 16.2. The normalized spacial score (nSPS) is 20.1. The first kappa shape index (κ1) is 21.5. The third-order valence-electron chi connectivity index (χ3n) is 4.91. The van der Waals surface area contributed by atoms with E-state index in [1.165, 1.54) is 0 Å². The molecule has 8 heteroatoms. The van der Waals surface area contributed by atoms with Crippen molar-refractivity contribution in [1.29, 1.82) is 0 Å². The fourth-order valence-electron chi connectivity index (χ4n) is 3.43. The second-order valence-corrected chi connectivity index (χ2v) is 6.59. The van der Waals surface area contributed by atoms with E-state index < -0.39 is 0 Å². The van der Waals surface area contributed by atoms with E-state index in [0.717, 1.165) is 31.0 Å². The number of nitrogens with zero attached hydrogens (tertiary/aromatic N) is 5. The minimum atomic E-state index is 0. The van der Waals surface area contributed by atoms with E-state index in [1.54, 1.807) is 6.20 Å². The molecule has 0 aromatic carbocycles.